The van der Waals surface area contributed by atoms with Crippen LogP contribution in [0, 0.1) is 13.8 Å². The van der Waals surface area contributed by atoms with E-state index in [0.29, 0.717) is 6.54 Å². The Balaban J connectivity index is 1.87. The SMILES string of the molecule is Cc1cccc(CCNC(=O)c2cccc(C)c2)c1. The largest absolute Gasteiger partial charge is 0.352 e. The lowest BCUT2D eigenvalue weighted by molar-refractivity contribution is 0.0954. The first-order valence-electron chi connectivity index (χ1n) is 6.55. The van der Waals surface area contributed by atoms with Crippen molar-refractivity contribution in [2.75, 3.05) is 6.54 Å². The zero-order valence-electron chi connectivity index (χ0n) is 11.4. The Bertz CT molecular complexity index is 575. The zero-order chi connectivity index (χ0) is 13.7. The van der Waals surface area contributed by atoms with Gasteiger partial charge in [0.05, 0.1) is 0 Å². The maximum atomic E-state index is 11.9. The smallest absolute Gasteiger partial charge is 0.251 e. The fourth-order valence-corrected chi connectivity index (χ4v) is 2.08. The number of rotatable bonds is 4. The molecule has 0 aliphatic carbocycles. The Morgan fingerprint density at radius 1 is 1.00 bits per heavy atom. The molecule has 0 fully saturated rings. The molecule has 0 atom stereocenters. The molecule has 2 aromatic rings. The van der Waals surface area contributed by atoms with Gasteiger partial charge in [-0.1, -0.05) is 47.5 Å². The van der Waals surface area contributed by atoms with Crippen molar-refractivity contribution in [2.45, 2.75) is 20.3 Å². The van der Waals surface area contributed by atoms with E-state index < -0.39 is 0 Å². The first kappa shape index (κ1) is 13.3. The molecule has 2 heteroatoms. The Morgan fingerprint density at radius 3 is 2.37 bits per heavy atom. The fraction of sp³-hybridized carbons (Fsp3) is 0.235. The Morgan fingerprint density at radius 2 is 1.68 bits per heavy atom. The van der Waals surface area contributed by atoms with Crippen LogP contribution in [0.2, 0.25) is 0 Å². The van der Waals surface area contributed by atoms with E-state index in [9.17, 15) is 4.79 Å². The second kappa shape index (κ2) is 6.19. The standard InChI is InChI=1S/C17H19NO/c1-13-5-3-7-15(11-13)9-10-18-17(19)16-8-4-6-14(2)12-16/h3-8,11-12H,9-10H2,1-2H3,(H,18,19). The van der Waals surface area contributed by atoms with Crippen molar-refractivity contribution in [3.8, 4) is 0 Å². The molecule has 1 amide bonds. The average Bonchev–Trinajstić information content (AvgIpc) is 2.38. The monoisotopic (exact) mass is 253 g/mol. The molecule has 0 aliphatic rings. The van der Waals surface area contributed by atoms with Crippen LogP contribution in [0.3, 0.4) is 0 Å². The predicted molar refractivity (Wildman–Crippen MR) is 78.4 cm³/mol. The second-order valence-electron chi connectivity index (χ2n) is 4.86. The molecule has 0 saturated carbocycles. The molecule has 19 heavy (non-hydrogen) atoms. The van der Waals surface area contributed by atoms with Gasteiger partial charge in [0, 0.05) is 12.1 Å². The lowest BCUT2D eigenvalue weighted by atomic mass is 10.1. The number of hydrogen-bond acceptors (Lipinski definition) is 1. The zero-order valence-corrected chi connectivity index (χ0v) is 11.4. The van der Waals surface area contributed by atoms with Gasteiger partial charge >= 0.3 is 0 Å². The van der Waals surface area contributed by atoms with Crippen LogP contribution in [0.4, 0.5) is 0 Å². The molecular formula is C17H19NO. The maximum Gasteiger partial charge on any atom is 0.251 e. The van der Waals surface area contributed by atoms with Crippen LogP contribution < -0.4 is 5.32 Å². The number of benzene rings is 2. The van der Waals surface area contributed by atoms with Crippen LogP contribution in [0.15, 0.2) is 48.5 Å². The third-order valence-electron chi connectivity index (χ3n) is 3.06. The minimum absolute atomic E-state index is 0.00338. The summed E-state index contributed by atoms with van der Waals surface area (Å²) in [4.78, 5) is 11.9. The van der Waals surface area contributed by atoms with E-state index in [2.05, 4.69) is 30.4 Å². The van der Waals surface area contributed by atoms with E-state index in [1.807, 2.05) is 37.3 Å². The molecule has 2 aromatic carbocycles. The quantitative estimate of drug-likeness (QED) is 0.890. The van der Waals surface area contributed by atoms with Gasteiger partial charge in [-0.05, 0) is 38.0 Å². The summed E-state index contributed by atoms with van der Waals surface area (Å²) >= 11 is 0. The molecule has 0 bridgehead atoms. The fourth-order valence-electron chi connectivity index (χ4n) is 2.08. The number of carbonyl (C=O) groups excluding carboxylic acids is 1. The van der Waals surface area contributed by atoms with Crippen LogP contribution in [0.25, 0.3) is 0 Å². The van der Waals surface area contributed by atoms with Crippen molar-refractivity contribution < 1.29 is 4.79 Å². The van der Waals surface area contributed by atoms with Gasteiger partial charge in [-0.2, -0.15) is 0 Å². The second-order valence-corrected chi connectivity index (χ2v) is 4.86. The molecular weight excluding hydrogens is 234 g/mol. The van der Waals surface area contributed by atoms with Crippen molar-refractivity contribution in [1.29, 1.82) is 0 Å². The number of aryl methyl sites for hydroxylation is 2. The van der Waals surface area contributed by atoms with Crippen molar-refractivity contribution in [3.63, 3.8) is 0 Å². The Hall–Kier alpha value is -2.09. The summed E-state index contributed by atoms with van der Waals surface area (Å²) in [5.74, 6) is -0.00338. The highest BCUT2D eigenvalue weighted by atomic mass is 16.1. The first-order valence-corrected chi connectivity index (χ1v) is 6.55. The van der Waals surface area contributed by atoms with Crippen LogP contribution in [0.5, 0.6) is 0 Å². The summed E-state index contributed by atoms with van der Waals surface area (Å²) in [5, 5.41) is 2.96. The van der Waals surface area contributed by atoms with Crippen LogP contribution in [0.1, 0.15) is 27.0 Å². The van der Waals surface area contributed by atoms with Crippen molar-refractivity contribution in [2.24, 2.45) is 0 Å². The molecule has 0 aliphatic heterocycles. The third kappa shape index (κ3) is 3.95. The summed E-state index contributed by atoms with van der Waals surface area (Å²) < 4.78 is 0. The van der Waals surface area contributed by atoms with Gasteiger partial charge in [0.1, 0.15) is 0 Å². The van der Waals surface area contributed by atoms with Gasteiger partial charge in [-0.3, -0.25) is 4.79 Å². The van der Waals surface area contributed by atoms with Crippen LogP contribution >= 0.6 is 0 Å². The van der Waals surface area contributed by atoms with Crippen LogP contribution in [-0.2, 0) is 6.42 Å². The molecule has 0 saturated heterocycles. The normalized spacial score (nSPS) is 10.2. The molecule has 2 rings (SSSR count). The minimum Gasteiger partial charge on any atom is -0.352 e. The maximum absolute atomic E-state index is 11.9. The highest BCUT2D eigenvalue weighted by Gasteiger charge is 2.04. The minimum atomic E-state index is -0.00338. The topological polar surface area (TPSA) is 29.1 Å². The van der Waals surface area contributed by atoms with Gasteiger partial charge in [0.15, 0.2) is 0 Å². The lowest BCUT2D eigenvalue weighted by Crippen LogP contribution is -2.25. The highest BCUT2D eigenvalue weighted by Crippen LogP contribution is 2.05. The molecule has 98 valence electrons. The molecule has 0 heterocycles. The lowest BCUT2D eigenvalue weighted by Gasteiger charge is -2.06. The number of nitrogens with one attached hydrogen (secondary N) is 1. The van der Waals surface area contributed by atoms with Gasteiger partial charge < -0.3 is 5.32 Å². The van der Waals surface area contributed by atoms with E-state index >= 15 is 0 Å². The van der Waals surface area contributed by atoms with E-state index in [0.717, 1.165) is 17.5 Å². The number of amides is 1. The van der Waals surface area contributed by atoms with Gasteiger partial charge in [0.25, 0.3) is 5.91 Å². The number of carbonyl (C=O) groups is 1. The molecule has 0 radical (unpaired) electrons. The summed E-state index contributed by atoms with van der Waals surface area (Å²) in [5.41, 5.74) is 4.34. The Labute approximate surface area is 114 Å². The molecule has 0 unspecified atom stereocenters. The van der Waals surface area contributed by atoms with Crippen molar-refractivity contribution >= 4 is 5.91 Å². The van der Waals surface area contributed by atoms with Gasteiger partial charge in [0.2, 0.25) is 0 Å². The predicted octanol–water partition coefficient (Wildman–Crippen LogP) is 3.28. The van der Waals surface area contributed by atoms with Gasteiger partial charge in [-0.25, -0.2) is 0 Å². The molecule has 0 spiro atoms. The van der Waals surface area contributed by atoms with E-state index in [1.165, 1.54) is 11.1 Å². The van der Waals surface area contributed by atoms with Crippen molar-refractivity contribution in [1.82, 2.24) is 5.32 Å². The summed E-state index contributed by atoms with van der Waals surface area (Å²) in [6.07, 6.45) is 0.860. The third-order valence-corrected chi connectivity index (χ3v) is 3.06. The highest BCUT2D eigenvalue weighted by molar-refractivity contribution is 5.94. The summed E-state index contributed by atoms with van der Waals surface area (Å²) in [6, 6.07) is 16.0. The molecule has 1 N–H and O–H groups in total. The van der Waals surface area contributed by atoms with E-state index in [-0.39, 0.29) is 5.91 Å². The van der Waals surface area contributed by atoms with Crippen LogP contribution in [-0.4, -0.2) is 12.5 Å². The first-order chi connectivity index (χ1) is 9.15. The summed E-state index contributed by atoms with van der Waals surface area (Å²) in [7, 11) is 0. The summed E-state index contributed by atoms with van der Waals surface area (Å²) in [6.45, 7) is 4.73. The average molecular weight is 253 g/mol. The van der Waals surface area contributed by atoms with E-state index in [1.54, 1.807) is 0 Å². The number of hydrogen-bond donors (Lipinski definition) is 1. The van der Waals surface area contributed by atoms with E-state index in [4.69, 9.17) is 0 Å². The Kier molecular flexibility index (Phi) is 4.35. The molecule has 2 nitrogen and oxygen atoms in total. The van der Waals surface area contributed by atoms with Gasteiger partial charge in [-0.15, -0.1) is 0 Å². The molecule has 0 aromatic heterocycles. The van der Waals surface area contributed by atoms with Crippen molar-refractivity contribution in [3.05, 3.63) is 70.8 Å².